The molecule has 0 aliphatic heterocycles. The summed E-state index contributed by atoms with van der Waals surface area (Å²) < 4.78 is 5.43. The molecule has 0 aliphatic carbocycles. The highest BCUT2D eigenvalue weighted by molar-refractivity contribution is 5.49. The Morgan fingerprint density at radius 3 is 1.78 bits per heavy atom. The van der Waals surface area contributed by atoms with Gasteiger partial charge in [0.2, 0.25) is 0 Å². The summed E-state index contributed by atoms with van der Waals surface area (Å²) in [5.41, 5.74) is 3.96. The Hall–Kier alpha value is -3.38. The Morgan fingerprint density at radius 1 is 0.704 bits per heavy atom. The second-order valence-electron chi connectivity index (χ2n) is 5.77. The average molecular weight is 360 g/mol. The largest absolute Gasteiger partial charge is 0.491 e. The van der Waals surface area contributed by atoms with Crippen LogP contribution in [0.1, 0.15) is 5.56 Å². The van der Waals surface area contributed by atoms with Gasteiger partial charge in [0.15, 0.2) is 0 Å². The van der Waals surface area contributed by atoms with Gasteiger partial charge in [-0.2, -0.15) is 20.5 Å². The minimum Gasteiger partial charge on any atom is -0.491 e. The van der Waals surface area contributed by atoms with Crippen molar-refractivity contribution in [1.82, 2.24) is 0 Å². The lowest BCUT2D eigenvalue weighted by Gasteiger charge is -2.07. The molecule has 0 saturated heterocycles. The van der Waals surface area contributed by atoms with E-state index in [1.165, 1.54) is 0 Å². The predicted molar refractivity (Wildman–Crippen MR) is 105 cm³/mol. The van der Waals surface area contributed by atoms with E-state index in [1.54, 1.807) is 0 Å². The van der Waals surface area contributed by atoms with Crippen LogP contribution in [-0.2, 0) is 0 Å². The molecule has 0 radical (unpaired) electrons. The van der Waals surface area contributed by atoms with Gasteiger partial charge < -0.3 is 9.84 Å². The van der Waals surface area contributed by atoms with Crippen molar-refractivity contribution in [3.05, 3.63) is 78.4 Å². The van der Waals surface area contributed by atoms with Crippen LogP contribution in [0.3, 0.4) is 0 Å². The fourth-order valence-corrected chi connectivity index (χ4v) is 2.32. The molecule has 6 heteroatoms. The van der Waals surface area contributed by atoms with Crippen molar-refractivity contribution in [2.24, 2.45) is 20.5 Å². The maximum absolute atomic E-state index is 8.82. The second kappa shape index (κ2) is 9.35. The van der Waals surface area contributed by atoms with Crippen molar-refractivity contribution in [3.63, 3.8) is 0 Å². The molecule has 0 aliphatic rings. The van der Waals surface area contributed by atoms with Crippen molar-refractivity contribution < 1.29 is 9.84 Å². The smallest absolute Gasteiger partial charge is 0.122 e. The van der Waals surface area contributed by atoms with Crippen molar-refractivity contribution in [2.75, 3.05) is 13.2 Å². The first-order valence-corrected chi connectivity index (χ1v) is 8.57. The van der Waals surface area contributed by atoms with Crippen LogP contribution in [0.15, 0.2) is 93.3 Å². The molecule has 0 fully saturated rings. The fourth-order valence-electron chi connectivity index (χ4n) is 2.32. The molecular weight excluding hydrogens is 340 g/mol. The Kier molecular flexibility index (Phi) is 6.38. The summed E-state index contributed by atoms with van der Waals surface area (Å²) >= 11 is 0. The minimum atomic E-state index is -0.0121. The van der Waals surface area contributed by atoms with Crippen LogP contribution in [0.4, 0.5) is 22.7 Å². The van der Waals surface area contributed by atoms with Crippen LogP contribution >= 0.6 is 0 Å². The Morgan fingerprint density at radius 2 is 1.22 bits per heavy atom. The van der Waals surface area contributed by atoms with Gasteiger partial charge >= 0.3 is 0 Å². The second-order valence-corrected chi connectivity index (χ2v) is 5.77. The summed E-state index contributed by atoms with van der Waals surface area (Å²) in [7, 11) is 0. The van der Waals surface area contributed by atoms with Gasteiger partial charge in [-0.1, -0.05) is 18.2 Å². The summed E-state index contributed by atoms with van der Waals surface area (Å²) in [5, 5.41) is 25.7. The number of ether oxygens (including phenoxy) is 1. The molecule has 136 valence electrons. The van der Waals surface area contributed by atoms with Crippen LogP contribution in [0.2, 0.25) is 0 Å². The van der Waals surface area contributed by atoms with Crippen LogP contribution < -0.4 is 4.74 Å². The van der Waals surface area contributed by atoms with Crippen LogP contribution in [0.5, 0.6) is 5.75 Å². The zero-order valence-corrected chi connectivity index (χ0v) is 15.0. The highest BCUT2D eigenvalue weighted by Gasteiger charge is 2.01. The molecule has 1 N–H and O–H groups in total. The van der Waals surface area contributed by atoms with E-state index < -0.39 is 0 Å². The minimum absolute atomic E-state index is 0.0121. The molecule has 0 amide bonds. The standard InChI is InChI=1S/C21H20N4O2/c1-16-15-20(11-12-21(16)27-14-13-26)25-24-19-9-7-18(8-10-19)23-22-17-5-3-2-4-6-17/h2-12,15,26H,13-14H2,1H3/b23-22+,25-24+. The van der Waals surface area contributed by atoms with Gasteiger partial charge in [-0.15, -0.1) is 0 Å². The molecule has 0 atom stereocenters. The van der Waals surface area contributed by atoms with Crippen LogP contribution in [0.25, 0.3) is 0 Å². The lowest BCUT2D eigenvalue weighted by Crippen LogP contribution is -2.02. The number of nitrogens with zero attached hydrogens (tertiary/aromatic N) is 4. The molecule has 3 aromatic rings. The van der Waals surface area contributed by atoms with E-state index in [1.807, 2.05) is 79.7 Å². The third kappa shape index (κ3) is 5.55. The Balaban J connectivity index is 1.64. The molecule has 0 saturated carbocycles. The normalized spacial score (nSPS) is 11.3. The number of rotatable bonds is 7. The van der Waals surface area contributed by atoms with Gasteiger partial charge in [0.05, 0.1) is 29.4 Å². The van der Waals surface area contributed by atoms with E-state index >= 15 is 0 Å². The van der Waals surface area contributed by atoms with Gasteiger partial charge in [0, 0.05) is 0 Å². The van der Waals surface area contributed by atoms with E-state index in [4.69, 9.17) is 9.84 Å². The summed E-state index contributed by atoms with van der Waals surface area (Å²) in [6.45, 7) is 2.19. The molecule has 0 unspecified atom stereocenters. The van der Waals surface area contributed by atoms with Crippen molar-refractivity contribution in [1.29, 1.82) is 0 Å². The van der Waals surface area contributed by atoms with E-state index in [2.05, 4.69) is 20.5 Å². The van der Waals surface area contributed by atoms with Crippen molar-refractivity contribution >= 4 is 22.7 Å². The number of aliphatic hydroxyl groups excluding tert-OH is 1. The number of aryl methyl sites for hydroxylation is 1. The van der Waals surface area contributed by atoms with E-state index in [-0.39, 0.29) is 13.2 Å². The van der Waals surface area contributed by atoms with E-state index in [0.29, 0.717) is 0 Å². The van der Waals surface area contributed by atoms with E-state index in [0.717, 1.165) is 34.1 Å². The van der Waals surface area contributed by atoms with Gasteiger partial charge in [-0.05, 0) is 67.1 Å². The molecule has 0 spiro atoms. The lowest BCUT2D eigenvalue weighted by molar-refractivity contribution is 0.200. The highest BCUT2D eigenvalue weighted by Crippen LogP contribution is 2.26. The van der Waals surface area contributed by atoms with Gasteiger partial charge in [0.1, 0.15) is 12.4 Å². The highest BCUT2D eigenvalue weighted by atomic mass is 16.5. The first-order chi connectivity index (χ1) is 13.2. The third-order valence-electron chi connectivity index (χ3n) is 3.68. The Bertz CT molecular complexity index is 923. The molecular formula is C21H20N4O2. The fraction of sp³-hybridized carbons (Fsp3) is 0.143. The topological polar surface area (TPSA) is 78.9 Å². The van der Waals surface area contributed by atoms with Crippen molar-refractivity contribution in [3.8, 4) is 5.75 Å². The SMILES string of the molecule is Cc1cc(/N=N/c2ccc(/N=N/c3ccccc3)cc2)ccc1OCCO. The van der Waals surface area contributed by atoms with Gasteiger partial charge in [-0.3, -0.25) is 0 Å². The van der Waals surface area contributed by atoms with Crippen molar-refractivity contribution in [2.45, 2.75) is 6.92 Å². The molecule has 0 heterocycles. The number of azo groups is 2. The molecule has 6 nitrogen and oxygen atoms in total. The average Bonchev–Trinajstić information content (AvgIpc) is 2.71. The summed E-state index contributed by atoms with van der Waals surface area (Å²) in [6, 6.07) is 22.5. The maximum atomic E-state index is 8.82. The number of aliphatic hydroxyl groups is 1. The summed E-state index contributed by atoms with van der Waals surface area (Å²) in [5.74, 6) is 0.733. The van der Waals surface area contributed by atoms with E-state index in [9.17, 15) is 0 Å². The number of hydrogen-bond acceptors (Lipinski definition) is 6. The van der Waals surface area contributed by atoms with Crippen LogP contribution in [0, 0.1) is 6.92 Å². The molecule has 0 bridgehead atoms. The maximum Gasteiger partial charge on any atom is 0.122 e. The number of hydrogen-bond donors (Lipinski definition) is 1. The third-order valence-corrected chi connectivity index (χ3v) is 3.68. The zero-order valence-electron chi connectivity index (χ0n) is 15.0. The molecule has 27 heavy (non-hydrogen) atoms. The summed E-state index contributed by atoms with van der Waals surface area (Å²) in [4.78, 5) is 0. The predicted octanol–water partition coefficient (Wildman–Crippen LogP) is 6.20. The lowest BCUT2D eigenvalue weighted by atomic mass is 10.2. The summed E-state index contributed by atoms with van der Waals surface area (Å²) in [6.07, 6.45) is 0. The van der Waals surface area contributed by atoms with Gasteiger partial charge in [0.25, 0.3) is 0 Å². The molecule has 0 aromatic heterocycles. The van der Waals surface area contributed by atoms with Gasteiger partial charge in [-0.25, -0.2) is 0 Å². The Labute approximate surface area is 157 Å². The quantitative estimate of drug-likeness (QED) is 0.509. The molecule has 3 aromatic carbocycles. The zero-order chi connectivity index (χ0) is 18.9. The number of benzene rings is 3. The first-order valence-electron chi connectivity index (χ1n) is 8.57. The monoisotopic (exact) mass is 360 g/mol. The first kappa shape index (κ1) is 18.4. The molecule has 3 rings (SSSR count). The van der Waals surface area contributed by atoms with Crippen LogP contribution in [-0.4, -0.2) is 18.3 Å².